The van der Waals surface area contributed by atoms with E-state index in [1.807, 2.05) is 0 Å². The van der Waals surface area contributed by atoms with Crippen molar-refractivity contribution in [1.82, 2.24) is 0 Å². The van der Waals surface area contributed by atoms with Crippen molar-refractivity contribution in [3.8, 4) is 5.75 Å². The van der Waals surface area contributed by atoms with E-state index in [1.54, 1.807) is 0 Å². The molecule has 1 aromatic carbocycles. The number of hydrogen-bond donors (Lipinski definition) is 1. The average Bonchev–Trinajstić information content (AvgIpc) is 2.09. The molecule has 0 fully saturated rings. The van der Waals surface area contributed by atoms with Gasteiger partial charge in [0.1, 0.15) is 11.6 Å². The lowest BCUT2D eigenvalue weighted by Gasteiger charge is -2.07. The van der Waals surface area contributed by atoms with Crippen LogP contribution in [0.15, 0.2) is 12.1 Å². The molecule has 0 spiro atoms. The van der Waals surface area contributed by atoms with Crippen molar-refractivity contribution < 1.29 is 13.9 Å². The summed E-state index contributed by atoms with van der Waals surface area (Å²) in [4.78, 5) is 0. The van der Waals surface area contributed by atoms with E-state index in [2.05, 4.69) is 4.74 Å². The summed E-state index contributed by atoms with van der Waals surface area (Å²) in [6.45, 7) is 0.0464. The van der Waals surface area contributed by atoms with Crippen LogP contribution in [0.2, 0.25) is 5.02 Å². The SMILES string of the molecule is COCOc1cc(N)c(F)cc1Cl. The molecule has 0 aliphatic carbocycles. The van der Waals surface area contributed by atoms with E-state index >= 15 is 0 Å². The Balaban J connectivity index is 2.88. The smallest absolute Gasteiger partial charge is 0.188 e. The Kier molecular flexibility index (Phi) is 3.33. The van der Waals surface area contributed by atoms with Gasteiger partial charge in [0.2, 0.25) is 0 Å². The van der Waals surface area contributed by atoms with E-state index in [4.69, 9.17) is 22.1 Å². The van der Waals surface area contributed by atoms with Gasteiger partial charge in [0.15, 0.2) is 6.79 Å². The van der Waals surface area contributed by atoms with Crippen molar-refractivity contribution in [2.45, 2.75) is 0 Å². The molecule has 1 rings (SSSR count). The van der Waals surface area contributed by atoms with Crippen LogP contribution < -0.4 is 10.5 Å². The number of nitrogens with two attached hydrogens (primary N) is 1. The number of benzene rings is 1. The van der Waals surface area contributed by atoms with Crippen molar-refractivity contribution >= 4 is 17.3 Å². The lowest BCUT2D eigenvalue weighted by molar-refractivity contribution is 0.0512. The largest absolute Gasteiger partial charge is 0.466 e. The molecule has 5 heteroatoms. The molecular weight excluding hydrogens is 197 g/mol. The molecule has 2 N–H and O–H groups in total. The third kappa shape index (κ3) is 2.47. The highest BCUT2D eigenvalue weighted by atomic mass is 35.5. The Morgan fingerprint density at radius 3 is 2.85 bits per heavy atom. The van der Waals surface area contributed by atoms with Crippen molar-refractivity contribution in [1.29, 1.82) is 0 Å². The first kappa shape index (κ1) is 10.1. The van der Waals surface area contributed by atoms with Gasteiger partial charge in [-0.15, -0.1) is 0 Å². The second-order valence-electron chi connectivity index (χ2n) is 2.36. The fourth-order valence-corrected chi connectivity index (χ4v) is 0.983. The van der Waals surface area contributed by atoms with Gasteiger partial charge in [-0.1, -0.05) is 11.6 Å². The topological polar surface area (TPSA) is 44.5 Å². The molecule has 0 aliphatic heterocycles. The van der Waals surface area contributed by atoms with Crippen molar-refractivity contribution in [3.05, 3.63) is 23.0 Å². The van der Waals surface area contributed by atoms with Crippen molar-refractivity contribution in [3.63, 3.8) is 0 Å². The molecule has 0 saturated carbocycles. The van der Waals surface area contributed by atoms with Crippen LogP contribution >= 0.6 is 11.6 Å². The standard InChI is InChI=1S/C8H9ClFNO2/c1-12-4-13-8-3-7(11)6(10)2-5(8)9/h2-3H,4,11H2,1H3. The summed E-state index contributed by atoms with van der Waals surface area (Å²) in [5.74, 6) is -0.253. The van der Waals surface area contributed by atoms with E-state index in [9.17, 15) is 4.39 Å². The van der Waals surface area contributed by atoms with E-state index in [1.165, 1.54) is 13.2 Å². The van der Waals surface area contributed by atoms with E-state index < -0.39 is 5.82 Å². The molecule has 0 atom stereocenters. The van der Waals surface area contributed by atoms with Gasteiger partial charge in [0.05, 0.1) is 10.7 Å². The number of hydrogen-bond acceptors (Lipinski definition) is 3. The summed E-state index contributed by atoms with van der Waals surface area (Å²) in [5.41, 5.74) is 5.30. The first-order valence-corrected chi connectivity index (χ1v) is 3.89. The Bertz CT molecular complexity index is 306. The van der Waals surface area contributed by atoms with Gasteiger partial charge in [-0.05, 0) is 6.07 Å². The second kappa shape index (κ2) is 4.30. The quantitative estimate of drug-likeness (QED) is 0.607. The molecule has 0 bridgehead atoms. The Morgan fingerprint density at radius 2 is 2.23 bits per heavy atom. The molecule has 1 aromatic rings. The summed E-state index contributed by atoms with van der Waals surface area (Å²) in [6, 6.07) is 2.42. The number of anilines is 1. The minimum Gasteiger partial charge on any atom is -0.466 e. The zero-order valence-corrected chi connectivity index (χ0v) is 7.77. The monoisotopic (exact) mass is 205 g/mol. The number of rotatable bonds is 3. The Labute approximate surface area is 80.2 Å². The van der Waals surface area contributed by atoms with Gasteiger partial charge in [-0.25, -0.2) is 4.39 Å². The third-order valence-corrected chi connectivity index (χ3v) is 1.68. The highest BCUT2D eigenvalue weighted by Gasteiger charge is 2.06. The molecule has 0 amide bonds. The fourth-order valence-electron chi connectivity index (χ4n) is 0.778. The van der Waals surface area contributed by atoms with Crippen molar-refractivity contribution in [2.24, 2.45) is 0 Å². The van der Waals surface area contributed by atoms with Gasteiger partial charge in [0.25, 0.3) is 0 Å². The van der Waals surface area contributed by atoms with Gasteiger partial charge in [0, 0.05) is 13.2 Å². The van der Waals surface area contributed by atoms with Crippen LogP contribution in [0.25, 0.3) is 0 Å². The maximum atomic E-state index is 12.8. The molecule has 0 aliphatic rings. The van der Waals surface area contributed by atoms with E-state index in [-0.39, 0.29) is 17.5 Å². The maximum Gasteiger partial charge on any atom is 0.188 e. The highest BCUT2D eigenvalue weighted by molar-refractivity contribution is 6.32. The fraction of sp³-hybridized carbons (Fsp3) is 0.250. The van der Waals surface area contributed by atoms with Crippen LogP contribution in [-0.4, -0.2) is 13.9 Å². The van der Waals surface area contributed by atoms with Gasteiger partial charge < -0.3 is 15.2 Å². The lowest BCUT2D eigenvalue weighted by Crippen LogP contribution is -2.01. The predicted octanol–water partition coefficient (Wildman–Crippen LogP) is 2.04. The first-order valence-electron chi connectivity index (χ1n) is 3.51. The number of halogens is 2. The highest BCUT2D eigenvalue weighted by Crippen LogP contribution is 2.28. The van der Waals surface area contributed by atoms with Gasteiger partial charge >= 0.3 is 0 Å². The number of nitrogen functional groups attached to an aromatic ring is 1. The van der Waals surface area contributed by atoms with E-state index in [0.717, 1.165) is 6.07 Å². The molecule has 3 nitrogen and oxygen atoms in total. The minimum atomic E-state index is -0.560. The summed E-state index contributed by atoms with van der Waals surface area (Å²) in [5, 5.41) is 0.170. The first-order chi connectivity index (χ1) is 6.15. The molecule has 0 heterocycles. The molecule has 13 heavy (non-hydrogen) atoms. The Hall–Kier alpha value is -1.00. The molecule has 0 saturated heterocycles. The number of methoxy groups -OCH3 is 1. The van der Waals surface area contributed by atoms with Crippen molar-refractivity contribution in [2.75, 3.05) is 19.6 Å². The summed E-state index contributed by atoms with van der Waals surface area (Å²) in [6.07, 6.45) is 0. The molecular formula is C8H9ClFNO2. The zero-order valence-electron chi connectivity index (χ0n) is 7.01. The molecule has 0 unspecified atom stereocenters. The molecule has 0 aromatic heterocycles. The normalized spacial score (nSPS) is 10.1. The molecule has 72 valence electrons. The zero-order chi connectivity index (χ0) is 9.84. The third-order valence-electron chi connectivity index (χ3n) is 1.38. The van der Waals surface area contributed by atoms with Crippen LogP contribution in [-0.2, 0) is 4.74 Å². The summed E-state index contributed by atoms with van der Waals surface area (Å²) < 4.78 is 22.5. The van der Waals surface area contributed by atoms with Crippen LogP contribution in [0.5, 0.6) is 5.75 Å². The van der Waals surface area contributed by atoms with Crippen LogP contribution in [0.3, 0.4) is 0 Å². The summed E-state index contributed by atoms with van der Waals surface area (Å²) in [7, 11) is 1.47. The molecule has 0 radical (unpaired) electrons. The van der Waals surface area contributed by atoms with Gasteiger partial charge in [-0.2, -0.15) is 0 Å². The van der Waals surface area contributed by atoms with Crippen LogP contribution in [0, 0.1) is 5.82 Å². The van der Waals surface area contributed by atoms with Crippen LogP contribution in [0.1, 0.15) is 0 Å². The lowest BCUT2D eigenvalue weighted by atomic mass is 10.3. The predicted molar refractivity (Wildman–Crippen MR) is 48.3 cm³/mol. The summed E-state index contributed by atoms with van der Waals surface area (Å²) >= 11 is 5.66. The maximum absolute atomic E-state index is 12.8. The number of ether oxygens (including phenoxy) is 2. The van der Waals surface area contributed by atoms with Crippen LogP contribution in [0.4, 0.5) is 10.1 Å². The minimum absolute atomic E-state index is 0.00416. The van der Waals surface area contributed by atoms with E-state index in [0.29, 0.717) is 5.75 Å². The Morgan fingerprint density at radius 1 is 1.54 bits per heavy atom. The average molecular weight is 206 g/mol. The van der Waals surface area contributed by atoms with Gasteiger partial charge in [-0.3, -0.25) is 0 Å². The second-order valence-corrected chi connectivity index (χ2v) is 2.76.